The summed E-state index contributed by atoms with van der Waals surface area (Å²) >= 11 is 0. The third kappa shape index (κ3) is 3.25. The number of carboxylic acid groups (broad SMARTS) is 2. The van der Waals surface area contributed by atoms with Crippen molar-refractivity contribution >= 4 is 17.8 Å². The summed E-state index contributed by atoms with van der Waals surface area (Å²) < 4.78 is 10.6. The molecule has 25 heavy (non-hydrogen) atoms. The van der Waals surface area contributed by atoms with E-state index in [4.69, 9.17) is 15.2 Å². The minimum absolute atomic E-state index is 0.150. The molecule has 0 spiro atoms. The normalized spacial score (nSPS) is 10.3. The largest absolute Gasteiger partial charge is 0.493 e. The van der Waals surface area contributed by atoms with Crippen molar-refractivity contribution in [2.75, 3.05) is 19.5 Å². The quantitative estimate of drug-likeness (QED) is 0.611. The van der Waals surface area contributed by atoms with Crippen LogP contribution in [0.4, 0.5) is 5.82 Å². The molecule has 2 aromatic rings. The van der Waals surface area contributed by atoms with Crippen molar-refractivity contribution < 1.29 is 29.3 Å². The van der Waals surface area contributed by atoms with Gasteiger partial charge in [-0.05, 0) is 24.6 Å². The second-order valence-corrected chi connectivity index (χ2v) is 4.90. The third-order valence-electron chi connectivity index (χ3n) is 3.42. The number of hydrogen-bond acceptors (Lipinski definition) is 6. The molecule has 2 rings (SSSR count). The van der Waals surface area contributed by atoms with Crippen molar-refractivity contribution in [3.05, 3.63) is 39.7 Å². The lowest BCUT2D eigenvalue weighted by Crippen LogP contribution is -2.24. The van der Waals surface area contributed by atoms with E-state index < -0.39 is 34.4 Å². The number of carboxylic acids is 2. The highest BCUT2D eigenvalue weighted by Gasteiger charge is 2.27. The number of rotatable bonds is 6. The molecule has 0 bridgehead atoms. The predicted octanol–water partition coefficient (Wildman–Crippen LogP) is 1.43. The van der Waals surface area contributed by atoms with E-state index in [0.717, 1.165) is 0 Å². The van der Waals surface area contributed by atoms with E-state index in [0.29, 0.717) is 12.4 Å². The Morgan fingerprint density at radius 3 is 2.32 bits per heavy atom. The number of methoxy groups -OCH3 is 1. The standard InChI is InChI=1S/C16H16N2O7/c1-3-25-9-6-7(4-5-8(9)24-2)10-11(15(20)21)13(17)18-14(19)12(10)16(22)23/h4-6H,3H2,1-2H3,(H,20,21)(H,22,23)(H3,17,18,19). The van der Waals surface area contributed by atoms with Crippen molar-refractivity contribution in [1.29, 1.82) is 0 Å². The van der Waals surface area contributed by atoms with Crippen LogP contribution in [0.1, 0.15) is 27.6 Å². The first-order chi connectivity index (χ1) is 11.8. The van der Waals surface area contributed by atoms with E-state index in [2.05, 4.69) is 0 Å². The van der Waals surface area contributed by atoms with Gasteiger partial charge in [-0.2, -0.15) is 0 Å². The molecule has 5 N–H and O–H groups in total. The Balaban J connectivity index is 2.90. The maximum absolute atomic E-state index is 12.0. The number of benzene rings is 1. The summed E-state index contributed by atoms with van der Waals surface area (Å²) in [4.78, 5) is 37.2. The predicted molar refractivity (Wildman–Crippen MR) is 88.6 cm³/mol. The lowest BCUT2D eigenvalue weighted by molar-refractivity contribution is 0.0695. The Kier molecular flexibility index (Phi) is 4.97. The number of hydrogen-bond donors (Lipinski definition) is 4. The van der Waals surface area contributed by atoms with E-state index in [1.165, 1.54) is 25.3 Å². The second-order valence-electron chi connectivity index (χ2n) is 4.90. The van der Waals surface area contributed by atoms with Gasteiger partial charge in [-0.3, -0.25) is 4.79 Å². The number of ether oxygens (including phenoxy) is 2. The van der Waals surface area contributed by atoms with Crippen LogP contribution in [0, 0.1) is 0 Å². The van der Waals surface area contributed by atoms with E-state index in [-0.39, 0.29) is 16.9 Å². The number of nitrogens with two attached hydrogens (primary N) is 1. The number of pyridine rings is 1. The summed E-state index contributed by atoms with van der Waals surface area (Å²) in [5.41, 5.74) is 3.21. The highest BCUT2D eigenvalue weighted by molar-refractivity contribution is 6.07. The first-order valence-corrected chi connectivity index (χ1v) is 7.15. The smallest absolute Gasteiger partial charge is 0.342 e. The molecule has 0 unspecified atom stereocenters. The number of aromatic carboxylic acids is 2. The second kappa shape index (κ2) is 6.95. The molecule has 0 amide bonds. The summed E-state index contributed by atoms with van der Waals surface area (Å²) in [7, 11) is 1.42. The molecule has 0 aliphatic heterocycles. The molecule has 0 aliphatic carbocycles. The summed E-state index contributed by atoms with van der Waals surface area (Å²) in [5.74, 6) is -2.84. The van der Waals surface area contributed by atoms with Gasteiger partial charge in [0.25, 0.3) is 5.56 Å². The number of carbonyl (C=O) groups is 2. The van der Waals surface area contributed by atoms with Gasteiger partial charge in [-0.15, -0.1) is 0 Å². The SMILES string of the molecule is CCOc1cc(-c2c(C(=O)O)c(N)[nH]c(=O)c2C(=O)O)ccc1OC. The van der Waals surface area contributed by atoms with Gasteiger partial charge < -0.3 is 30.4 Å². The van der Waals surface area contributed by atoms with Crippen LogP contribution in [-0.2, 0) is 0 Å². The monoisotopic (exact) mass is 348 g/mol. The van der Waals surface area contributed by atoms with Gasteiger partial charge in [-0.1, -0.05) is 6.07 Å². The van der Waals surface area contributed by atoms with Crippen molar-refractivity contribution in [2.24, 2.45) is 0 Å². The van der Waals surface area contributed by atoms with Crippen LogP contribution in [0.5, 0.6) is 11.5 Å². The van der Waals surface area contributed by atoms with Crippen LogP contribution in [0.2, 0.25) is 0 Å². The number of aromatic amines is 1. The van der Waals surface area contributed by atoms with Gasteiger partial charge in [0.2, 0.25) is 0 Å². The zero-order valence-electron chi connectivity index (χ0n) is 13.5. The molecular formula is C16H16N2O7. The van der Waals surface area contributed by atoms with Crippen LogP contribution in [-0.4, -0.2) is 40.9 Å². The van der Waals surface area contributed by atoms with Gasteiger partial charge in [0.1, 0.15) is 16.9 Å². The molecule has 0 atom stereocenters. The summed E-state index contributed by atoms with van der Waals surface area (Å²) in [6.45, 7) is 2.04. The van der Waals surface area contributed by atoms with E-state index in [9.17, 15) is 24.6 Å². The zero-order valence-corrected chi connectivity index (χ0v) is 13.5. The fraction of sp³-hybridized carbons (Fsp3) is 0.188. The molecule has 1 heterocycles. The zero-order chi connectivity index (χ0) is 18.7. The average molecular weight is 348 g/mol. The molecule has 9 nitrogen and oxygen atoms in total. The molecule has 0 saturated heterocycles. The summed E-state index contributed by atoms with van der Waals surface area (Å²) in [5, 5.41) is 18.8. The lowest BCUT2D eigenvalue weighted by atomic mass is 9.95. The molecule has 0 aliphatic rings. The van der Waals surface area contributed by atoms with E-state index in [1.807, 2.05) is 4.98 Å². The molecular weight excluding hydrogens is 332 g/mol. The van der Waals surface area contributed by atoms with Crippen LogP contribution in [0.15, 0.2) is 23.0 Å². The maximum Gasteiger partial charge on any atom is 0.342 e. The number of anilines is 1. The Morgan fingerprint density at radius 2 is 1.80 bits per heavy atom. The number of nitrogens with one attached hydrogen (secondary N) is 1. The van der Waals surface area contributed by atoms with Crippen LogP contribution >= 0.6 is 0 Å². The van der Waals surface area contributed by atoms with Crippen LogP contribution in [0.3, 0.4) is 0 Å². The highest BCUT2D eigenvalue weighted by Crippen LogP contribution is 2.36. The fourth-order valence-corrected chi connectivity index (χ4v) is 2.44. The van der Waals surface area contributed by atoms with Gasteiger partial charge in [0.05, 0.1) is 13.7 Å². The first-order valence-electron chi connectivity index (χ1n) is 7.15. The topological polar surface area (TPSA) is 152 Å². The molecule has 0 saturated carbocycles. The average Bonchev–Trinajstić information content (AvgIpc) is 2.53. The van der Waals surface area contributed by atoms with E-state index >= 15 is 0 Å². The number of aromatic nitrogens is 1. The molecule has 132 valence electrons. The molecule has 1 aromatic carbocycles. The van der Waals surface area contributed by atoms with Crippen molar-refractivity contribution in [2.45, 2.75) is 6.92 Å². The molecule has 0 fully saturated rings. The van der Waals surface area contributed by atoms with Gasteiger partial charge >= 0.3 is 11.9 Å². The van der Waals surface area contributed by atoms with Crippen LogP contribution < -0.4 is 20.8 Å². The minimum atomic E-state index is -1.58. The Morgan fingerprint density at radius 1 is 1.16 bits per heavy atom. The highest BCUT2D eigenvalue weighted by atomic mass is 16.5. The van der Waals surface area contributed by atoms with Gasteiger partial charge in [0.15, 0.2) is 11.5 Å². The van der Waals surface area contributed by atoms with Gasteiger partial charge in [-0.25, -0.2) is 9.59 Å². The Labute approximate surface area is 141 Å². The Bertz CT molecular complexity index is 902. The molecule has 9 heteroatoms. The molecule has 1 aromatic heterocycles. The maximum atomic E-state index is 12.0. The summed E-state index contributed by atoms with van der Waals surface area (Å²) in [6, 6.07) is 4.30. The molecule has 0 radical (unpaired) electrons. The minimum Gasteiger partial charge on any atom is -0.493 e. The van der Waals surface area contributed by atoms with Crippen molar-refractivity contribution in [3.8, 4) is 22.6 Å². The first kappa shape index (κ1) is 17.9. The third-order valence-corrected chi connectivity index (χ3v) is 3.42. The van der Waals surface area contributed by atoms with E-state index in [1.54, 1.807) is 6.92 Å². The summed E-state index contributed by atoms with van der Waals surface area (Å²) in [6.07, 6.45) is 0. The van der Waals surface area contributed by atoms with Crippen LogP contribution in [0.25, 0.3) is 11.1 Å². The number of H-pyrrole nitrogens is 1. The lowest BCUT2D eigenvalue weighted by Gasteiger charge is -2.15. The van der Waals surface area contributed by atoms with Crippen molar-refractivity contribution in [3.63, 3.8) is 0 Å². The Hall–Kier alpha value is -3.49. The number of nitrogen functional groups attached to an aromatic ring is 1. The van der Waals surface area contributed by atoms with Crippen molar-refractivity contribution in [1.82, 2.24) is 4.98 Å². The fourth-order valence-electron chi connectivity index (χ4n) is 2.44. The van der Waals surface area contributed by atoms with Gasteiger partial charge in [0, 0.05) is 5.56 Å².